The van der Waals surface area contributed by atoms with Crippen LogP contribution in [0.15, 0.2) is 52.3 Å². The van der Waals surface area contributed by atoms with Crippen molar-refractivity contribution in [1.82, 2.24) is 14.3 Å². The molecular weight excluding hydrogens is 496 g/mol. The lowest BCUT2D eigenvalue weighted by molar-refractivity contribution is -0.123. The summed E-state index contributed by atoms with van der Waals surface area (Å²) in [7, 11) is 1.62. The van der Waals surface area contributed by atoms with Crippen LogP contribution in [0.4, 0.5) is 5.82 Å². The van der Waals surface area contributed by atoms with Gasteiger partial charge in [0.1, 0.15) is 21.5 Å². The molecule has 186 valence electrons. The van der Waals surface area contributed by atoms with Crippen LogP contribution in [0.1, 0.15) is 29.5 Å². The predicted octanol–water partition coefficient (Wildman–Crippen LogP) is 4.00. The summed E-state index contributed by atoms with van der Waals surface area (Å²) < 4.78 is 12.9. The Hall–Kier alpha value is -3.21. The van der Waals surface area contributed by atoms with Crippen molar-refractivity contribution < 1.29 is 14.3 Å². The molecule has 0 spiro atoms. The molecule has 8 nitrogen and oxygen atoms in total. The minimum absolute atomic E-state index is 0.00971. The lowest BCUT2D eigenvalue weighted by atomic mass is 10.2. The number of fused-ring (bicyclic) bond motifs is 1. The second-order valence-electron chi connectivity index (χ2n) is 8.74. The van der Waals surface area contributed by atoms with Crippen LogP contribution in [0.2, 0.25) is 0 Å². The molecule has 0 bridgehead atoms. The molecule has 0 radical (unpaired) electrons. The van der Waals surface area contributed by atoms with Gasteiger partial charge in [-0.3, -0.25) is 18.9 Å². The molecule has 1 atom stereocenters. The van der Waals surface area contributed by atoms with Crippen LogP contribution in [0, 0.1) is 6.92 Å². The van der Waals surface area contributed by atoms with Gasteiger partial charge >= 0.3 is 0 Å². The van der Waals surface area contributed by atoms with E-state index in [0.717, 1.165) is 29.7 Å². The van der Waals surface area contributed by atoms with Crippen molar-refractivity contribution in [3.63, 3.8) is 0 Å². The van der Waals surface area contributed by atoms with Crippen LogP contribution in [-0.2, 0) is 16.1 Å². The third-order valence-electron chi connectivity index (χ3n) is 6.18. The van der Waals surface area contributed by atoms with Gasteiger partial charge in [0.25, 0.3) is 11.5 Å². The Bertz CT molecular complexity index is 1410. The van der Waals surface area contributed by atoms with Crippen molar-refractivity contribution in [2.45, 2.75) is 32.4 Å². The molecule has 3 aromatic rings. The second-order valence-corrected chi connectivity index (χ2v) is 10.4. The molecule has 2 saturated heterocycles. The van der Waals surface area contributed by atoms with E-state index in [2.05, 4.69) is 5.32 Å². The number of thioether (sulfide) groups is 1. The number of aromatic nitrogens is 2. The third kappa shape index (κ3) is 5.02. The number of nitrogens with zero attached hydrogens (tertiary/aromatic N) is 3. The number of amides is 1. The molecule has 36 heavy (non-hydrogen) atoms. The highest BCUT2D eigenvalue weighted by Crippen LogP contribution is 2.34. The summed E-state index contributed by atoms with van der Waals surface area (Å²) in [6.07, 6.45) is 5.24. The molecule has 2 fully saturated rings. The Morgan fingerprint density at radius 3 is 2.78 bits per heavy atom. The molecule has 2 aliphatic rings. The highest BCUT2D eigenvalue weighted by atomic mass is 32.2. The van der Waals surface area contributed by atoms with E-state index in [1.54, 1.807) is 30.3 Å². The van der Waals surface area contributed by atoms with Crippen LogP contribution in [0.25, 0.3) is 11.7 Å². The number of carbonyl (C=O) groups excluding carboxylic acids is 1. The number of hydrogen-bond donors (Lipinski definition) is 1. The number of anilines is 1. The summed E-state index contributed by atoms with van der Waals surface area (Å²) in [5, 5.41) is 3.29. The zero-order valence-electron chi connectivity index (χ0n) is 20.0. The standard InChI is InChI=1S/C26H26N4O4S2/c1-16-5-10-22-28-23(27-13-17-6-8-18(33-2)9-7-17)20(24(31)29(22)14-16)12-21-25(32)30(26(35)36-21)15-19-4-3-11-34-19/h5-10,12,14,19,27H,3-4,11,13,15H2,1-2H3. The van der Waals surface area contributed by atoms with Gasteiger partial charge in [-0.05, 0) is 55.2 Å². The number of ether oxygens (including phenoxy) is 2. The fourth-order valence-corrected chi connectivity index (χ4v) is 5.49. The van der Waals surface area contributed by atoms with Gasteiger partial charge in [0, 0.05) is 19.3 Å². The normalized spacial score (nSPS) is 19.0. The predicted molar refractivity (Wildman–Crippen MR) is 145 cm³/mol. The number of benzene rings is 1. The van der Waals surface area contributed by atoms with E-state index in [4.69, 9.17) is 26.7 Å². The fourth-order valence-electron chi connectivity index (χ4n) is 4.23. The van der Waals surface area contributed by atoms with Crippen molar-refractivity contribution in [2.24, 2.45) is 0 Å². The van der Waals surface area contributed by atoms with E-state index in [1.165, 1.54) is 16.2 Å². The maximum Gasteiger partial charge on any atom is 0.267 e. The zero-order valence-corrected chi connectivity index (χ0v) is 21.7. The van der Waals surface area contributed by atoms with Crippen LogP contribution >= 0.6 is 24.0 Å². The van der Waals surface area contributed by atoms with Gasteiger partial charge < -0.3 is 14.8 Å². The number of nitrogens with one attached hydrogen (secondary N) is 1. The summed E-state index contributed by atoms with van der Waals surface area (Å²) in [5.41, 5.74) is 2.50. The molecule has 10 heteroatoms. The molecule has 0 saturated carbocycles. The number of carbonyl (C=O) groups is 1. The minimum Gasteiger partial charge on any atom is -0.497 e. The molecule has 1 aromatic carbocycles. The molecule has 1 amide bonds. The molecule has 1 unspecified atom stereocenters. The van der Waals surface area contributed by atoms with Gasteiger partial charge in [0.05, 0.1) is 30.2 Å². The van der Waals surface area contributed by atoms with Gasteiger partial charge in [-0.15, -0.1) is 0 Å². The SMILES string of the molecule is COc1ccc(CNc2nc3ccc(C)cn3c(=O)c2C=C2SC(=S)N(CC3CCCO3)C2=O)cc1. The Balaban J connectivity index is 1.49. The monoisotopic (exact) mass is 522 g/mol. The molecule has 0 aliphatic carbocycles. The van der Waals surface area contributed by atoms with Gasteiger partial charge in [0.2, 0.25) is 0 Å². The number of pyridine rings is 1. The van der Waals surface area contributed by atoms with Crippen molar-refractivity contribution in [3.8, 4) is 5.75 Å². The van der Waals surface area contributed by atoms with Gasteiger partial charge in [-0.25, -0.2) is 4.98 Å². The zero-order chi connectivity index (χ0) is 25.2. The van der Waals surface area contributed by atoms with E-state index in [1.807, 2.05) is 37.3 Å². The van der Waals surface area contributed by atoms with E-state index in [0.29, 0.717) is 46.0 Å². The number of rotatable bonds is 7. The molecule has 5 rings (SSSR count). The van der Waals surface area contributed by atoms with Gasteiger partial charge in [0.15, 0.2) is 0 Å². The number of methoxy groups -OCH3 is 1. The quantitative estimate of drug-likeness (QED) is 0.368. The topological polar surface area (TPSA) is 85.2 Å². The summed E-state index contributed by atoms with van der Waals surface area (Å²) in [6, 6.07) is 11.4. The Kier molecular flexibility index (Phi) is 7.08. The summed E-state index contributed by atoms with van der Waals surface area (Å²) in [5.74, 6) is 0.960. The van der Waals surface area contributed by atoms with Gasteiger partial charge in [-0.2, -0.15) is 0 Å². The smallest absolute Gasteiger partial charge is 0.267 e. The van der Waals surface area contributed by atoms with Crippen molar-refractivity contribution in [1.29, 1.82) is 0 Å². The number of thiocarbonyl (C=S) groups is 1. The number of aryl methyl sites for hydroxylation is 1. The average molecular weight is 523 g/mol. The first-order valence-electron chi connectivity index (χ1n) is 11.7. The first kappa shape index (κ1) is 24.5. The second kappa shape index (κ2) is 10.4. The van der Waals surface area contributed by atoms with Crippen LogP contribution in [-0.4, -0.2) is 50.9 Å². The van der Waals surface area contributed by atoms with Crippen molar-refractivity contribution >= 4 is 51.7 Å². The highest BCUT2D eigenvalue weighted by molar-refractivity contribution is 8.26. The number of hydrogen-bond acceptors (Lipinski definition) is 8. The minimum atomic E-state index is -0.259. The first-order valence-corrected chi connectivity index (χ1v) is 12.9. The largest absolute Gasteiger partial charge is 0.497 e. The summed E-state index contributed by atoms with van der Waals surface area (Å²) >= 11 is 6.69. The lowest BCUT2D eigenvalue weighted by Crippen LogP contribution is -2.35. The van der Waals surface area contributed by atoms with Crippen LogP contribution in [0.5, 0.6) is 5.75 Å². The van der Waals surface area contributed by atoms with Crippen LogP contribution in [0.3, 0.4) is 0 Å². The Morgan fingerprint density at radius 1 is 1.25 bits per heavy atom. The molecule has 4 heterocycles. The Morgan fingerprint density at radius 2 is 2.06 bits per heavy atom. The van der Waals surface area contributed by atoms with E-state index < -0.39 is 0 Å². The van der Waals surface area contributed by atoms with Crippen molar-refractivity contribution in [3.05, 3.63) is 74.5 Å². The summed E-state index contributed by atoms with van der Waals surface area (Å²) in [4.78, 5) is 33.5. The fraction of sp³-hybridized carbons (Fsp3) is 0.308. The maximum absolute atomic E-state index is 13.6. The van der Waals surface area contributed by atoms with Crippen LogP contribution < -0.4 is 15.6 Å². The molecule has 1 N–H and O–H groups in total. The highest BCUT2D eigenvalue weighted by Gasteiger charge is 2.35. The molecule has 2 aliphatic heterocycles. The van der Waals surface area contributed by atoms with E-state index in [9.17, 15) is 9.59 Å². The third-order valence-corrected chi connectivity index (χ3v) is 7.56. The average Bonchev–Trinajstić information content (AvgIpc) is 3.49. The maximum atomic E-state index is 13.6. The van der Waals surface area contributed by atoms with Crippen molar-refractivity contribution in [2.75, 3.05) is 25.6 Å². The molecule has 2 aromatic heterocycles. The lowest BCUT2D eigenvalue weighted by Gasteiger charge is -2.18. The van der Waals surface area contributed by atoms with E-state index in [-0.39, 0.29) is 17.6 Å². The first-order chi connectivity index (χ1) is 17.4. The van der Waals surface area contributed by atoms with Gasteiger partial charge in [-0.1, -0.05) is 42.2 Å². The molecular formula is C26H26N4O4S2. The Labute approximate surface area is 218 Å². The van der Waals surface area contributed by atoms with E-state index >= 15 is 0 Å². The summed E-state index contributed by atoms with van der Waals surface area (Å²) in [6.45, 7) is 3.49.